The van der Waals surface area contributed by atoms with Crippen LogP contribution in [-0.4, -0.2) is 22.8 Å². The number of pyridine rings is 1. The number of hydrogen-bond acceptors (Lipinski definition) is 4. The molecule has 0 fully saturated rings. The highest BCUT2D eigenvalue weighted by atomic mass is 32.1. The maximum atomic E-state index is 14.1. The second-order valence-electron chi connectivity index (χ2n) is 6.31. The van der Waals surface area contributed by atoms with E-state index in [2.05, 4.69) is 15.6 Å². The van der Waals surface area contributed by atoms with Gasteiger partial charge in [-0.1, -0.05) is 0 Å². The van der Waals surface area contributed by atoms with Gasteiger partial charge in [-0.15, -0.1) is 0 Å². The van der Waals surface area contributed by atoms with E-state index in [-0.39, 0.29) is 6.04 Å². The molecule has 0 aliphatic carbocycles. The Kier molecular flexibility index (Phi) is 6.28. The molecule has 2 aromatic heterocycles. The first kappa shape index (κ1) is 20.5. The van der Waals surface area contributed by atoms with Crippen LogP contribution in [0.3, 0.4) is 0 Å². The molecule has 0 aliphatic heterocycles. The van der Waals surface area contributed by atoms with Crippen LogP contribution in [0.15, 0.2) is 47.3 Å². The van der Waals surface area contributed by atoms with Crippen molar-refractivity contribution in [1.29, 1.82) is 0 Å². The van der Waals surface area contributed by atoms with E-state index in [0.717, 1.165) is 17.7 Å². The van der Waals surface area contributed by atoms with E-state index in [1.807, 2.05) is 16.8 Å². The van der Waals surface area contributed by atoms with Crippen LogP contribution in [-0.2, 0) is 6.42 Å². The van der Waals surface area contributed by atoms with Crippen molar-refractivity contribution >= 4 is 28.8 Å². The van der Waals surface area contributed by atoms with Gasteiger partial charge >= 0.3 is 0 Å². The summed E-state index contributed by atoms with van der Waals surface area (Å²) in [7, 11) is 0. The lowest BCUT2D eigenvalue weighted by Gasteiger charge is -2.15. The summed E-state index contributed by atoms with van der Waals surface area (Å²) >= 11 is 1.52. The SMILES string of the molecule is CC(Cc1ccsc1)NC(=O)c1cc(NC(=O)c2ncccc2F)c(F)cc1F. The average molecular weight is 419 g/mol. The van der Waals surface area contributed by atoms with Crippen molar-refractivity contribution in [2.45, 2.75) is 19.4 Å². The number of benzene rings is 1. The van der Waals surface area contributed by atoms with E-state index >= 15 is 0 Å². The molecule has 0 saturated heterocycles. The molecule has 0 aliphatic rings. The lowest BCUT2D eigenvalue weighted by atomic mass is 10.1. The molecule has 2 amide bonds. The third kappa shape index (κ3) is 5.00. The number of carbonyl (C=O) groups excluding carboxylic acids is 2. The first-order valence-corrected chi connectivity index (χ1v) is 9.52. The zero-order chi connectivity index (χ0) is 21.0. The van der Waals surface area contributed by atoms with E-state index in [4.69, 9.17) is 0 Å². The van der Waals surface area contributed by atoms with Crippen LogP contribution >= 0.6 is 11.3 Å². The van der Waals surface area contributed by atoms with Crippen molar-refractivity contribution in [3.8, 4) is 0 Å². The summed E-state index contributed by atoms with van der Waals surface area (Å²) in [6.45, 7) is 1.75. The predicted molar refractivity (Wildman–Crippen MR) is 103 cm³/mol. The Balaban J connectivity index is 1.77. The van der Waals surface area contributed by atoms with Crippen molar-refractivity contribution < 1.29 is 22.8 Å². The van der Waals surface area contributed by atoms with Crippen LogP contribution in [0.1, 0.15) is 33.3 Å². The van der Waals surface area contributed by atoms with E-state index < -0.39 is 46.2 Å². The van der Waals surface area contributed by atoms with Gasteiger partial charge in [0, 0.05) is 18.3 Å². The number of nitrogens with zero attached hydrogens (tertiary/aromatic N) is 1. The van der Waals surface area contributed by atoms with E-state index in [0.29, 0.717) is 12.5 Å². The smallest absolute Gasteiger partial charge is 0.277 e. The van der Waals surface area contributed by atoms with Gasteiger partial charge in [-0.05, 0) is 53.9 Å². The van der Waals surface area contributed by atoms with Crippen molar-refractivity contribution in [1.82, 2.24) is 10.3 Å². The molecule has 0 saturated carbocycles. The molecule has 29 heavy (non-hydrogen) atoms. The number of halogens is 3. The zero-order valence-electron chi connectivity index (χ0n) is 15.2. The Morgan fingerprint density at radius 1 is 1.10 bits per heavy atom. The minimum absolute atomic E-state index is 0.304. The molecule has 3 rings (SSSR count). The fourth-order valence-corrected chi connectivity index (χ4v) is 3.35. The first-order chi connectivity index (χ1) is 13.8. The summed E-state index contributed by atoms with van der Waals surface area (Å²) < 4.78 is 41.9. The number of aromatic nitrogens is 1. The van der Waals surface area contributed by atoms with Crippen molar-refractivity contribution in [2.75, 3.05) is 5.32 Å². The molecule has 0 radical (unpaired) electrons. The van der Waals surface area contributed by atoms with Crippen LogP contribution in [0.2, 0.25) is 0 Å². The summed E-state index contributed by atoms with van der Waals surface area (Å²) in [6, 6.07) is 5.29. The Hall–Kier alpha value is -3.20. The monoisotopic (exact) mass is 419 g/mol. The maximum absolute atomic E-state index is 14.1. The predicted octanol–water partition coefficient (Wildman–Crippen LogP) is 4.17. The maximum Gasteiger partial charge on any atom is 0.277 e. The molecule has 9 heteroatoms. The molecular weight excluding hydrogens is 403 g/mol. The number of hydrogen-bond donors (Lipinski definition) is 2. The second-order valence-corrected chi connectivity index (χ2v) is 7.09. The molecule has 0 bridgehead atoms. The Labute approximate surface area is 168 Å². The summed E-state index contributed by atoms with van der Waals surface area (Å²) in [6.07, 6.45) is 1.74. The topological polar surface area (TPSA) is 71.1 Å². The number of nitrogens with one attached hydrogen (secondary N) is 2. The summed E-state index contributed by atoms with van der Waals surface area (Å²) in [5.74, 6) is -4.86. The second kappa shape index (κ2) is 8.87. The molecule has 1 aromatic carbocycles. The van der Waals surface area contributed by atoms with Crippen LogP contribution in [0, 0.1) is 17.5 Å². The fourth-order valence-electron chi connectivity index (χ4n) is 2.67. The van der Waals surface area contributed by atoms with Crippen molar-refractivity contribution in [3.05, 3.63) is 81.6 Å². The number of amides is 2. The molecule has 2 N–H and O–H groups in total. The Bertz CT molecular complexity index is 1040. The largest absolute Gasteiger partial charge is 0.349 e. The molecular formula is C20H16F3N3O2S. The highest BCUT2D eigenvalue weighted by Gasteiger charge is 2.20. The highest BCUT2D eigenvalue weighted by molar-refractivity contribution is 7.07. The normalized spacial score (nSPS) is 11.7. The molecule has 0 spiro atoms. The molecule has 1 atom stereocenters. The molecule has 150 valence electrons. The van der Waals surface area contributed by atoms with Crippen LogP contribution in [0.5, 0.6) is 0 Å². The van der Waals surface area contributed by atoms with E-state index in [9.17, 15) is 22.8 Å². The van der Waals surface area contributed by atoms with Gasteiger partial charge in [0.1, 0.15) is 11.6 Å². The lowest BCUT2D eigenvalue weighted by molar-refractivity contribution is 0.0934. The van der Waals surface area contributed by atoms with Gasteiger partial charge in [0.2, 0.25) is 0 Å². The molecule has 5 nitrogen and oxygen atoms in total. The minimum Gasteiger partial charge on any atom is -0.349 e. The number of carbonyl (C=O) groups is 2. The summed E-state index contributed by atoms with van der Waals surface area (Å²) in [5.41, 5.74) is -0.434. The Morgan fingerprint density at radius 3 is 2.59 bits per heavy atom. The summed E-state index contributed by atoms with van der Waals surface area (Å²) in [4.78, 5) is 28.1. The lowest BCUT2D eigenvalue weighted by Crippen LogP contribution is -2.34. The van der Waals surface area contributed by atoms with Gasteiger partial charge in [-0.3, -0.25) is 9.59 Å². The molecule has 3 aromatic rings. The van der Waals surface area contributed by atoms with Gasteiger partial charge in [0.15, 0.2) is 11.5 Å². The highest BCUT2D eigenvalue weighted by Crippen LogP contribution is 2.21. The van der Waals surface area contributed by atoms with Gasteiger partial charge < -0.3 is 10.6 Å². The number of anilines is 1. The first-order valence-electron chi connectivity index (χ1n) is 8.58. The molecule has 2 heterocycles. The quantitative estimate of drug-likeness (QED) is 0.630. The van der Waals surface area contributed by atoms with Crippen molar-refractivity contribution in [3.63, 3.8) is 0 Å². The van der Waals surface area contributed by atoms with Crippen LogP contribution in [0.25, 0.3) is 0 Å². The molecule has 1 unspecified atom stereocenters. The van der Waals surface area contributed by atoms with Crippen molar-refractivity contribution in [2.24, 2.45) is 0 Å². The minimum atomic E-state index is -1.10. The number of rotatable bonds is 6. The van der Waals surface area contributed by atoms with E-state index in [1.54, 1.807) is 6.92 Å². The third-order valence-electron chi connectivity index (χ3n) is 4.02. The van der Waals surface area contributed by atoms with Gasteiger partial charge in [-0.2, -0.15) is 11.3 Å². The van der Waals surface area contributed by atoms with Gasteiger partial charge in [0.05, 0.1) is 11.3 Å². The Morgan fingerprint density at radius 2 is 1.90 bits per heavy atom. The number of thiophene rings is 1. The third-order valence-corrected chi connectivity index (χ3v) is 4.75. The average Bonchev–Trinajstić information content (AvgIpc) is 3.16. The van der Waals surface area contributed by atoms with Gasteiger partial charge in [-0.25, -0.2) is 18.2 Å². The van der Waals surface area contributed by atoms with Crippen LogP contribution < -0.4 is 10.6 Å². The summed E-state index contributed by atoms with van der Waals surface area (Å²) in [5, 5.41) is 8.59. The standard InChI is InChI=1S/C20H16F3N3O2S/c1-11(7-12-4-6-29-10-12)25-19(27)13-8-17(16(23)9-15(13)22)26-20(28)18-14(21)3-2-5-24-18/h2-6,8-11H,7H2,1H3,(H,25,27)(H,26,28). The van der Waals surface area contributed by atoms with E-state index in [1.165, 1.54) is 23.6 Å². The fraction of sp³-hybridized carbons (Fsp3) is 0.150. The zero-order valence-corrected chi connectivity index (χ0v) is 16.0. The van der Waals surface area contributed by atoms with Crippen LogP contribution in [0.4, 0.5) is 18.9 Å². The van der Waals surface area contributed by atoms with Gasteiger partial charge in [0.25, 0.3) is 11.8 Å².